The number of carbonyl (C=O) groups excluding carboxylic acids is 2. The van der Waals surface area contributed by atoms with Crippen molar-refractivity contribution in [2.45, 2.75) is 71.2 Å². The van der Waals surface area contributed by atoms with Gasteiger partial charge in [0.1, 0.15) is 5.60 Å². The van der Waals surface area contributed by atoms with Crippen LogP contribution in [0.5, 0.6) is 0 Å². The summed E-state index contributed by atoms with van der Waals surface area (Å²) in [5, 5.41) is 3.70. The summed E-state index contributed by atoms with van der Waals surface area (Å²) in [4.78, 5) is 27.2. The van der Waals surface area contributed by atoms with Crippen LogP contribution in [0.15, 0.2) is 24.3 Å². The molecule has 0 radical (unpaired) electrons. The number of nitrogens with one attached hydrogen (secondary N) is 1. The molecule has 1 N–H and O–H groups in total. The van der Waals surface area contributed by atoms with E-state index in [2.05, 4.69) is 19.2 Å². The molecule has 1 aliphatic carbocycles. The summed E-state index contributed by atoms with van der Waals surface area (Å²) in [6.07, 6.45) is 0.436. The Hall–Kier alpha value is -1.79. The first-order chi connectivity index (χ1) is 13.4. The molecule has 1 aromatic rings. The summed E-state index contributed by atoms with van der Waals surface area (Å²) in [5.41, 5.74) is 0.557. The second kappa shape index (κ2) is 8.15. The van der Waals surface area contributed by atoms with Crippen LogP contribution in [0.2, 0.25) is 5.02 Å². The number of hydrogen-bond acceptors (Lipinski definition) is 4. The number of rotatable bonds is 4. The minimum Gasteiger partial charge on any atom is -0.444 e. The van der Waals surface area contributed by atoms with Gasteiger partial charge in [-0.15, -0.1) is 0 Å². The summed E-state index contributed by atoms with van der Waals surface area (Å²) in [7, 11) is 0. The van der Waals surface area contributed by atoms with Gasteiger partial charge in [-0.25, -0.2) is 4.79 Å². The monoisotopic (exact) mass is 422 g/mol. The van der Waals surface area contributed by atoms with Crippen LogP contribution in [0.4, 0.5) is 4.79 Å². The van der Waals surface area contributed by atoms with Crippen molar-refractivity contribution in [2.24, 2.45) is 5.41 Å². The predicted octanol–water partition coefficient (Wildman–Crippen LogP) is 3.80. The van der Waals surface area contributed by atoms with Gasteiger partial charge in [0, 0.05) is 11.1 Å². The van der Waals surface area contributed by atoms with Crippen molar-refractivity contribution in [1.82, 2.24) is 10.2 Å². The van der Waals surface area contributed by atoms with Crippen LogP contribution < -0.4 is 5.32 Å². The molecule has 29 heavy (non-hydrogen) atoms. The molecule has 2 fully saturated rings. The number of amides is 2. The highest BCUT2D eigenvalue weighted by molar-refractivity contribution is 6.30. The summed E-state index contributed by atoms with van der Waals surface area (Å²) in [6, 6.07) is 7.47. The number of hydrogen-bond donors (Lipinski definition) is 1. The van der Waals surface area contributed by atoms with E-state index in [0.29, 0.717) is 11.4 Å². The average Bonchev–Trinajstić information content (AvgIpc) is 3.21. The van der Waals surface area contributed by atoms with Gasteiger partial charge in [0.25, 0.3) is 5.91 Å². The first-order valence-electron chi connectivity index (χ1n) is 10.1. The van der Waals surface area contributed by atoms with Crippen LogP contribution in [-0.4, -0.2) is 53.8 Å². The van der Waals surface area contributed by atoms with Crippen LogP contribution in [0.25, 0.3) is 0 Å². The Kier molecular flexibility index (Phi) is 6.16. The first kappa shape index (κ1) is 21.9. The van der Waals surface area contributed by atoms with Gasteiger partial charge in [-0.1, -0.05) is 37.6 Å². The van der Waals surface area contributed by atoms with Gasteiger partial charge in [-0.2, -0.15) is 0 Å². The Bertz CT molecular complexity index is 757. The normalized spacial score (nSPS) is 26.0. The minimum absolute atomic E-state index is 0.131. The Labute approximate surface area is 177 Å². The quantitative estimate of drug-likeness (QED) is 0.801. The van der Waals surface area contributed by atoms with Crippen LogP contribution in [0, 0.1) is 5.41 Å². The van der Waals surface area contributed by atoms with E-state index in [1.54, 1.807) is 4.90 Å². The molecule has 1 saturated carbocycles. The van der Waals surface area contributed by atoms with E-state index >= 15 is 0 Å². The van der Waals surface area contributed by atoms with E-state index < -0.39 is 17.8 Å². The van der Waals surface area contributed by atoms with Crippen molar-refractivity contribution in [3.05, 3.63) is 34.9 Å². The Balaban J connectivity index is 1.70. The highest BCUT2D eigenvalue weighted by Crippen LogP contribution is 2.44. The molecule has 160 valence electrons. The van der Waals surface area contributed by atoms with Crippen molar-refractivity contribution in [3.8, 4) is 0 Å². The molecule has 0 bridgehead atoms. The van der Waals surface area contributed by atoms with Crippen LogP contribution in [0.3, 0.4) is 0 Å². The zero-order chi connectivity index (χ0) is 21.4. The molecule has 0 aromatic heterocycles. The fraction of sp³-hybridized carbons (Fsp3) is 0.636. The maximum Gasteiger partial charge on any atom is 0.410 e. The summed E-state index contributed by atoms with van der Waals surface area (Å²) >= 11 is 5.97. The summed E-state index contributed by atoms with van der Waals surface area (Å²) in [6.45, 7) is 10.2. The van der Waals surface area contributed by atoms with E-state index in [0.717, 1.165) is 12.0 Å². The lowest BCUT2D eigenvalue weighted by atomic mass is 10.0. The van der Waals surface area contributed by atoms with Gasteiger partial charge in [-0.05, 0) is 56.7 Å². The fourth-order valence-corrected chi connectivity index (χ4v) is 3.57. The standard InChI is InChI=1S/C22H31ClN2O4/c1-21(2,3)29-20(27)25-12-17(19(26)24-18-11-22(18,4)5)28-13-16(25)10-14-6-8-15(23)9-7-14/h6-9,16-18H,10-13H2,1-5H3,(H,24,26)/t16-,17+,18?/m0/s1. The molecule has 1 aliphatic heterocycles. The number of nitrogens with zero attached hydrogens (tertiary/aromatic N) is 1. The third-order valence-electron chi connectivity index (χ3n) is 5.43. The highest BCUT2D eigenvalue weighted by Gasteiger charge is 2.48. The van der Waals surface area contributed by atoms with Crippen molar-refractivity contribution in [2.75, 3.05) is 13.2 Å². The topological polar surface area (TPSA) is 67.9 Å². The van der Waals surface area contributed by atoms with Gasteiger partial charge in [0.2, 0.25) is 0 Å². The molecule has 2 amide bonds. The lowest BCUT2D eigenvalue weighted by Crippen LogP contribution is -2.58. The molecule has 0 spiro atoms. The van der Waals surface area contributed by atoms with Gasteiger partial charge < -0.3 is 14.8 Å². The average molecular weight is 423 g/mol. The van der Waals surface area contributed by atoms with E-state index in [4.69, 9.17) is 21.1 Å². The third kappa shape index (κ3) is 5.86. The van der Waals surface area contributed by atoms with Crippen molar-refractivity contribution < 1.29 is 19.1 Å². The highest BCUT2D eigenvalue weighted by atomic mass is 35.5. The molecule has 6 nitrogen and oxygen atoms in total. The van der Waals surface area contributed by atoms with E-state index in [9.17, 15) is 9.59 Å². The lowest BCUT2D eigenvalue weighted by Gasteiger charge is -2.39. The largest absolute Gasteiger partial charge is 0.444 e. The molecular weight excluding hydrogens is 392 g/mol. The van der Waals surface area contributed by atoms with E-state index in [-0.39, 0.29) is 36.6 Å². The van der Waals surface area contributed by atoms with Gasteiger partial charge >= 0.3 is 6.09 Å². The van der Waals surface area contributed by atoms with Crippen LogP contribution >= 0.6 is 11.6 Å². The molecule has 7 heteroatoms. The molecule has 1 heterocycles. The van der Waals surface area contributed by atoms with Gasteiger partial charge in [0.15, 0.2) is 6.10 Å². The van der Waals surface area contributed by atoms with Crippen LogP contribution in [0.1, 0.15) is 46.6 Å². The second-order valence-corrected chi connectivity index (χ2v) is 10.1. The lowest BCUT2D eigenvalue weighted by molar-refractivity contribution is -0.141. The fourth-order valence-electron chi connectivity index (χ4n) is 3.44. The van der Waals surface area contributed by atoms with Gasteiger partial charge in [0.05, 0.1) is 19.2 Å². The van der Waals surface area contributed by atoms with E-state index in [1.165, 1.54) is 0 Å². The number of halogens is 1. The minimum atomic E-state index is -0.694. The zero-order valence-corrected chi connectivity index (χ0v) is 18.6. The maximum absolute atomic E-state index is 12.9. The molecule has 1 unspecified atom stereocenters. The molecule has 1 aromatic carbocycles. The zero-order valence-electron chi connectivity index (χ0n) is 17.8. The first-order valence-corrected chi connectivity index (χ1v) is 10.5. The second-order valence-electron chi connectivity index (χ2n) is 9.69. The van der Waals surface area contributed by atoms with Crippen molar-refractivity contribution in [3.63, 3.8) is 0 Å². The summed E-state index contributed by atoms with van der Waals surface area (Å²) in [5.74, 6) is -0.168. The van der Waals surface area contributed by atoms with Crippen LogP contribution in [-0.2, 0) is 20.7 Å². The van der Waals surface area contributed by atoms with Crippen molar-refractivity contribution in [1.29, 1.82) is 0 Å². The predicted molar refractivity (Wildman–Crippen MR) is 112 cm³/mol. The Morgan fingerprint density at radius 3 is 2.45 bits per heavy atom. The summed E-state index contributed by atoms with van der Waals surface area (Å²) < 4.78 is 11.5. The van der Waals surface area contributed by atoms with Gasteiger partial charge in [-0.3, -0.25) is 9.69 Å². The number of benzene rings is 1. The molecular formula is C22H31ClN2O4. The van der Waals surface area contributed by atoms with E-state index in [1.807, 2.05) is 45.0 Å². The molecule has 3 atom stereocenters. The number of morpholine rings is 1. The molecule has 3 rings (SSSR count). The Morgan fingerprint density at radius 2 is 1.90 bits per heavy atom. The Morgan fingerprint density at radius 1 is 1.28 bits per heavy atom. The smallest absolute Gasteiger partial charge is 0.410 e. The molecule has 1 saturated heterocycles. The van der Waals surface area contributed by atoms with Crippen molar-refractivity contribution >= 4 is 23.6 Å². The number of ether oxygens (including phenoxy) is 2. The SMILES string of the molecule is CC(C)(C)OC(=O)N1C[C@H](C(=O)NC2CC2(C)C)OC[C@@H]1Cc1ccc(Cl)cc1. The number of carbonyl (C=O) groups is 2. The third-order valence-corrected chi connectivity index (χ3v) is 5.68. The molecule has 2 aliphatic rings. The maximum atomic E-state index is 12.9.